The number of hydrogen-bond acceptors (Lipinski definition) is 5. The van der Waals surface area contributed by atoms with Gasteiger partial charge in [-0.2, -0.15) is 10.2 Å². The molecule has 4 rings (SSSR count). The number of rotatable bonds is 8. The van der Waals surface area contributed by atoms with E-state index in [1.54, 1.807) is 30.0 Å². The number of amides is 2. The van der Waals surface area contributed by atoms with Crippen LogP contribution in [-0.2, 0) is 4.79 Å². The van der Waals surface area contributed by atoms with Crippen LogP contribution in [0.5, 0.6) is 5.75 Å². The molecule has 2 amide bonds. The topological polar surface area (TPSA) is 97.6 Å². The summed E-state index contributed by atoms with van der Waals surface area (Å²) in [7, 11) is 1.61. The van der Waals surface area contributed by atoms with Gasteiger partial charge in [0.1, 0.15) is 11.4 Å². The third-order valence-corrected chi connectivity index (χ3v) is 5.25. The van der Waals surface area contributed by atoms with E-state index in [2.05, 4.69) is 15.8 Å². The number of para-hydroxylation sites is 1. The predicted molar refractivity (Wildman–Crippen MR) is 135 cm³/mol. The first kappa shape index (κ1) is 23.7. The van der Waals surface area contributed by atoms with Gasteiger partial charge in [0.2, 0.25) is 0 Å². The van der Waals surface area contributed by atoms with Crippen molar-refractivity contribution >= 4 is 29.6 Å². The zero-order valence-corrected chi connectivity index (χ0v) is 19.6. The van der Waals surface area contributed by atoms with Crippen molar-refractivity contribution in [1.82, 2.24) is 20.5 Å². The minimum Gasteiger partial charge on any atom is -0.497 e. The van der Waals surface area contributed by atoms with Gasteiger partial charge in [-0.3, -0.25) is 9.59 Å². The number of carbonyl (C=O) groups excluding carboxylic acids is 2. The van der Waals surface area contributed by atoms with E-state index >= 15 is 0 Å². The molecule has 1 aromatic heterocycles. The molecular formula is C26H22ClN5O3. The van der Waals surface area contributed by atoms with Crippen LogP contribution < -0.4 is 15.5 Å². The summed E-state index contributed by atoms with van der Waals surface area (Å²) in [6, 6.07) is 23.6. The molecule has 0 fully saturated rings. The van der Waals surface area contributed by atoms with Gasteiger partial charge in [-0.15, -0.1) is 0 Å². The first-order chi connectivity index (χ1) is 17.0. The van der Waals surface area contributed by atoms with E-state index < -0.39 is 11.8 Å². The lowest BCUT2D eigenvalue weighted by molar-refractivity contribution is -0.120. The molecule has 0 aliphatic heterocycles. The Morgan fingerprint density at radius 1 is 1.06 bits per heavy atom. The number of halogens is 1. The quantitative estimate of drug-likeness (QED) is 0.289. The Bertz CT molecular complexity index is 1350. The predicted octanol–water partition coefficient (Wildman–Crippen LogP) is 4.08. The van der Waals surface area contributed by atoms with Crippen molar-refractivity contribution in [1.29, 1.82) is 0 Å². The highest BCUT2D eigenvalue weighted by molar-refractivity contribution is 6.31. The summed E-state index contributed by atoms with van der Waals surface area (Å²) in [5.41, 5.74) is 5.92. The second kappa shape index (κ2) is 11.1. The Labute approximate surface area is 207 Å². The van der Waals surface area contributed by atoms with E-state index in [0.29, 0.717) is 21.8 Å². The molecule has 3 aromatic carbocycles. The zero-order valence-electron chi connectivity index (χ0n) is 18.8. The summed E-state index contributed by atoms with van der Waals surface area (Å²) in [5, 5.41) is 11.7. The minimum absolute atomic E-state index is 0.239. The molecule has 0 saturated carbocycles. The van der Waals surface area contributed by atoms with Crippen LogP contribution in [0.15, 0.2) is 90.2 Å². The number of ether oxygens (including phenoxy) is 1. The lowest BCUT2D eigenvalue weighted by Crippen LogP contribution is -2.34. The lowest BCUT2D eigenvalue weighted by atomic mass is 10.1. The molecule has 4 aromatic rings. The average Bonchev–Trinajstić information content (AvgIpc) is 3.32. The summed E-state index contributed by atoms with van der Waals surface area (Å²) in [4.78, 5) is 24.4. The zero-order chi connectivity index (χ0) is 24.6. The maximum atomic E-state index is 12.2. The Kier molecular flexibility index (Phi) is 7.54. The second-order valence-electron chi connectivity index (χ2n) is 7.43. The van der Waals surface area contributed by atoms with Crippen molar-refractivity contribution in [3.05, 3.63) is 101 Å². The molecule has 1 heterocycles. The van der Waals surface area contributed by atoms with Crippen LogP contribution in [0, 0.1) is 0 Å². The Morgan fingerprint density at radius 3 is 2.54 bits per heavy atom. The highest BCUT2D eigenvalue weighted by atomic mass is 35.5. The standard InChI is InChI=1S/C26H22ClN5O3/c1-35-23-12-10-18(11-13-23)25-20(17-32(31-25)22-8-3-2-4-9-22)15-29-30-24(33)16-28-26(34)19-6-5-7-21(27)14-19/h2-15,17H,16H2,1H3,(H,28,34)(H,30,33). The fraction of sp³-hybridized carbons (Fsp3) is 0.0769. The molecule has 2 N–H and O–H groups in total. The van der Waals surface area contributed by atoms with Gasteiger partial charge in [0.05, 0.1) is 25.6 Å². The molecule has 0 saturated heterocycles. The third-order valence-electron chi connectivity index (χ3n) is 5.02. The summed E-state index contributed by atoms with van der Waals surface area (Å²) in [6.07, 6.45) is 3.34. The number of hydrogen-bond donors (Lipinski definition) is 2. The Hall–Kier alpha value is -4.43. The van der Waals surface area contributed by atoms with Gasteiger partial charge in [0.25, 0.3) is 11.8 Å². The number of hydrazone groups is 1. The molecule has 0 atom stereocenters. The fourth-order valence-corrected chi connectivity index (χ4v) is 3.46. The van der Waals surface area contributed by atoms with Crippen molar-refractivity contribution < 1.29 is 14.3 Å². The van der Waals surface area contributed by atoms with E-state index in [1.807, 2.05) is 60.8 Å². The van der Waals surface area contributed by atoms with E-state index in [4.69, 9.17) is 21.4 Å². The summed E-state index contributed by atoms with van der Waals surface area (Å²) in [5.74, 6) is -0.144. The summed E-state index contributed by atoms with van der Waals surface area (Å²) in [6.45, 7) is -0.239. The van der Waals surface area contributed by atoms with Gasteiger partial charge in [0, 0.05) is 27.9 Å². The molecule has 0 unspecified atom stereocenters. The van der Waals surface area contributed by atoms with Gasteiger partial charge < -0.3 is 10.1 Å². The van der Waals surface area contributed by atoms with Crippen LogP contribution in [0.1, 0.15) is 15.9 Å². The normalized spacial score (nSPS) is 10.8. The van der Waals surface area contributed by atoms with Crippen LogP contribution >= 0.6 is 11.6 Å². The maximum absolute atomic E-state index is 12.2. The molecule has 0 aliphatic rings. The Morgan fingerprint density at radius 2 is 1.83 bits per heavy atom. The smallest absolute Gasteiger partial charge is 0.259 e. The van der Waals surface area contributed by atoms with Crippen molar-refractivity contribution in [2.75, 3.05) is 13.7 Å². The first-order valence-electron chi connectivity index (χ1n) is 10.7. The first-order valence-corrected chi connectivity index (χ1v) is 11.1. The highest BCUT2D eigenvalue weighted by Crippen LogP contribution is 2.25. The maximum Gasteiger partial charge on any atom is 0.259 e. The van der Waals surface area contributed by atoms with E-state index in [9.17, 15) is 9.59 Å². The number of nitrogens with one attached hydrogen (secondary N) is 2. The summed E-state index contributed by atoms with van der Waals surface area (Å²) >= 11 is 5.90. The fourth-order valence-electron chi connectivity index (χ4n) is 3.27. The summed E-state index contributed by atoms with van der Waals surface area (Å²) < 4.78 is 6.98. The van der Waals surface area contributed by atoms with Crippen molar-refractivity contribution in [2.45, 2.75) is 0 Å². The van der Waals surface area contributed by atoms with Crippen LogP contribution in [0.3, 0.4) is 0 Å². The molecule has 176 valence electrons. The number of methoxy groups -OCH3 is 1. The highest BCUT2D eigenvalue weighted by Gasteiger charge is 2.12. The molecule has 9 heteroatoms. The number of aromatic nitrogens is 2. The van der Waals surface area contributed by atoms with Crippen LogP contribution in [-0.4, -0.2) is 41.5 Å². The van der Waals surface area contributed by atoms with Crippen LogP contribution in [0.4, 0.5) is 0 Å². The molecule has 0 spiro atoms. The monoisotopic (exact) mass is 487 g/mol. The van der Waals surface area contributed by atoms with Crippen molar-refractivity contribution in [3.8, 4) is 22.7 Å². The molecular weight excluding hydrogens is 466 g/mol. The number of carbonyl (C=O) groups is 2. The molecule has 0 bridgehead atoms. The van der Waals surface area contributed by atoms with Gasteiger partial charge in [-0.1, -0.05) is 35.9 Å². The SMILES string of the molecule is COc1ccc(-c2nn(-c3ccccc3)cc2C=NNC(=O)CNC(=O)c2cccc(Cl)c2)cc1. The van der Waals surface area contributed by atoms with Crippen molar-refractivity contribution in [3.63, 3.8) is 0 Å². The molecule has 0 aliphatic carbocycles. The molecule has 0 radical (unpaired) electrons. The van der Waals surface area contributed by atoms with Crippen LogP contribution in [0.25, 0.3) is 16.9 Å². The third kappa shape index (κ3) is 6.13. The average molecular weight is 488 g/mol. The van der Waals surface area contributed by atoms with E-state index in [-0.39, 0.29) is 6.54 Å². The van der Waals surface area contributed by atoms with Crippen molar-refractivity contribution in [2.24, 2.45) is 5.10 Å². The second-order valence-corrected chi connectivity index (χ2v) is 7.86. The number of benzene rings is 3. The van der Waals surface area contributed by atoms with Gasteiger partial charge in [-0.25, -0.2) is 10.1 Å². The van der Waals surface area contributed by atoms with E-state index in [0.717, 1.165) is 17.0 Å². The van der Waals surface area contributed by atoms with Gasteiger partial charge >= 0.3 is 0 Å². The largest absolute Gasteiger partial charge is 0.497 e. The number of nitrogens with zero attached hydrogens (tertiary/aromatic N) is 3. The Balaban J connectivity index is 1.46. The van der Waals surface area contributed by atoms with E-state index in [1.165, 1.54) is 12.3 Å². The minimum atomic E-state index is -0.474. The molecule has 35 heavy (non-hydrogen) atoms. The molecule has 8 nitrogen and oxygen atoms in total. The lowest BCUT2D eigenvalue weighted by Gasteiger charge is -2.04. The van der Waals surface area contributed by atoms with Gasteiger partial charge in [0.15, 0.2) is 0 Å². The van der Waals surface area contributed by atoms with Gasteiger partial charge in [-0.05, 0) is 54.6 Å². The van der Waals surface area contributed by atoms with Crippen LogP contribution in [0.2, 0.25) is 5.02 Å².